The third kappa shape index (κ3) is 2.15. The molecular formula is C22H17NO6. The van der Waals surface area contributed by atoms with Crippen LogP contribution in [-0.2, 0) is 9.59 Å². The smallest absolute Gasteiger partial charge is 0.255 e. The van der Waals surface area contributed by atoms with Crippen molar-refractivity contribution in [3.8, 4) is 5.75 Å². The van der Waals surface area contributed by atoms with Crippen LogP contribution >= 0.6 is 0 Å². The van der Waals surface area contributed by atoms with E-state index in [-0.39, 0.29) is 29.1 Å². The highest BCUT2D eigenvalue weighted by molar-refractivity contribution is 6.24. The molecule has 0 spiro atoms. The van der Waals surface area contributed by atoms with E-state index in [1.54, 1.807) is 6.07 Å². The van der Waals surface area contributed by atoms with Gasteiger partial charge in [0.05, 0.1) is 11.5 Å². The molecule has 2 aromatic carbocycles. The molecule has 2 aromatic rings. The molecule has 0 radical (unpaired) electrons. The molecule has 3 aliphatic carbocycles. The lowest BCUT2D eigenvalue weighted by atomic mass is 9.62. The first-order chi connectivity index (χ1) is 13.8. The van der Waals surface area contributed by atoms with Crippen LogP contribution in [0.1, 0.15) is 34.7 Å². The van der Waals surface area contributed by atoms with Crippen molar-refractivity contribution in [3.63, 3.8) is 0 Å². The topological polar surface area (TPSA) is 138 Å². The van der Waals surface area contributed by atoms with Crippen molar-refractivity contribution in [2.24, 2.45) is 17.6 Å². The van der Waals surface area contributed by atoms with Gasteiger partial charge in [-0.05, 0) is 29.4 Å². The molecule has 0 saturated heterocycles. The van der Waals surface area contributed by atoms with E-state index in [1.807, 2.05) is 18.2 Å². The number of benzene rings is 2. The molecule has 0 aliphatic heterocycles. The molecule has 3 atom stereocenters. The maximum Gasteiger partial charge on any atom is 0.255 e. The molecule has 0 heterocycles. The Bertz CT molecular complexity index is 1220. The van der Waals surface area contributed by atoms with Gasteiger partial charge >= 0.3 is 0 Å². The van der Waals surface area contributed by atoms with Gasteiger partial charge in [0.1, 0.15) is 22.8 Å². The summed E-state index contributed by atoms with van der Waals surface area (Å²) in [5.74, 6) is -5.40. The molecule has 3 unspecified atom stereocenters. The maximum absolute atomic E-state index is 13.3. The average molecular weight is 391 g/mol. The number of Topliss-reactive ketones (excluding diaryl/α,β-unsaturated/α-hetero) is 2. The summed E-state index contributed by atoms with van der Waals surface area (Å²) in [6.07, 6.45) is 0.353. The van der Waals surface area contributed by atoms with Gasteiger partial charge in [-0.1, -0.05) is 24.3 Å². The number of phenols is 1. The van der Waals surface area contributed by atoms with Crippen molar-refractivity contribution in [2.75, 3.05) is 0 Å². The Kier molecular flexibility index (Phi) is 3.44. The molecule has 146 valence electrons. The highest BCUT2D eigenvalue weighted by atomic mass is 16.3. The van der Waals surface area contributed by atoms with Crippen molar-refractivity contribution >= 4 is 28.2 Å². The van der Waals surface area contributed by atoms with E-state index in [4.69, 9.17) is 5.73 Å². The summed E-state index contributed by atoms with van der Waals surface area (Å²) in [7, 11) is 0. The standard InChI is InChI=1S/C22H17NO6/c23-22(29)18-13(25)7-9-6-11-10-3-1-2-8-4-5-12(24)17(14(8)10)21(28)16(11)19(26)15(9)20(18)27/h1-5,9,11,15,24-26H,6-7H2,(H2,23,29). The number of primary amides is 1. The van der Waals surface area contributed by atoms with Gasteiger partial charge < -0.3 is 21.1 Å². The van der Waals surface area contributed by atoms with Gasteiger partial charge in [-0.2, -0.15) is 0 Å². The SMILES string of the molecule is NC(=O)C1=C(O)CC2CC3C(=C(O)C2C1=O)C(=O)c1c(O)ccc2cccc3c12. The number of hydrogen-bond donors (Lipinski definition) is 4. The predicted molar refractivity (Wildman–Crippen MR) is 102 cm³/mol. The van der Waals surface area contributed by atoms with Crippen molar-refractivity contribution in [1.82, 2.24) is 0 Å². The van der Waals surface area contributed by atoms with Crippen molar-refractivity contribution in [3.05, 3.63) is 64.1 Å². The van der Waals surface area contributed by atoms with Crippen molar-refractivity contribution in [2.45, 2.75) is 18.8 Å². The summed E-state index contributed by atoms with van der Waals surface area (Å²) < 4.78 is 0. The first-order valence-corrected chi connectivity index (χ1v) is 9.29. The Labute approximate surface area is 164 Å². The monoisotopic (exact) mass is 391 g/mol. The number of ketones is 2. The largest absolute Gasteiger partial charge is 0.511 e. The van der Waals surface area contributed by atoms with Crippen LogP contribution in [0.25, 0.3) is 10.8 Å². The van der Waals surface area contributed by atoms with Crippen LogP contribution < -0.4 is 5.73 Å². The van der Waals surface area contributed by atoms with E-state index in [0.717, 1.165) is 10.9 Å². The Morgan fingerprint density at radius 1 is 1.07 bits per heavy atom. The average Bonchev–Trinajstić information content (AvgIpc) is 2.65. The number of phenolic OH excluding ortho intramolecular Hbond substituents is 1. The van der Waals surface area contributed by atoms with Gasteiger partial charge in [0.25, 0.3) is 5.91 Å². The fraction of sp³-hybridized carbons (Fsp3) is 0.227. The molecule has 0 saturated carbocycles. The van der Waals surface area contributed by atoms with Crippen LogP contribution in [0.2, 0.25) is 0 Å². The van der Waals surface area contributed by atoms with E-state index in [0.29, 0.717) is 11.8 Å². The molecular weight excluding hydrogens is 374 g/mol. The first kappa shape index (κ1) is 17.5. The number of aliphatic hydroxyl groups excluding tert-OH is 2. The van der Waals surface area contributed by atoms with Crippen LogP contribution in [0.5, 0.6) is 5.75 Å². The van der Waals surface area contributed by atoms with Crippen LogP contribution in [0.15, 0.2) is 53.0 Å². The van der Waals surface area contributed by atoms with Gasteiger partial charge in [0, 0.05) is 23.3 Å². The zero-order valence-corrected chi connectivity index (χ0v) is 15.2. The number of amides is 1. The van der Waals surface area contributed by atoms with Gasteiger partial charge in [0.2, 0.25) is 0 Å². The Balaban J connectivity index is 1.76. The zero-order valence-electron chi connectivity index (χ0n) is 15.2. The minimum absolute atomic E-state index is 0.0135. The number of aliphatic hydroxyl groups is 2. The second-order valence-corrected chi connectivity index (χ2v) is 7.81. The van der Waals surface area contributed by atoms with Crippen molar-refractivity contribution < 1.29 is 29.7 Å². The summed E-state index contributed by atoms with van der Waals surface area (Å²) in [4.78, 5) is 37.7. The highest BCUT2D eigenvalue weighted by Gasteiger charge is 2.50. The summed E-state index contributed by atoms with van der Waals surface area (Å²) in [5.41, 5.74) is 5.66. The Hall–Kier alpha value is -3.61. The third-order valence-electron chi connectivity index (χ3n) is 6.35. The molecule has 5 rings (SSSR count). The number of hydrogen-bond acceptors (Lipinski definition) is 6. The second kappa shape index (κ2) is 5.70. The van der Waals surface area contributed by atoms with Crippen LogP contribution in [-0.4, -0.2) is 32.8 Å². The molecule has 7 heteroatoms. The summed E-state index contributed by atoms with van der Waals surface area (Å²) in [5, 5.41) is 33.0. The van der Waals surface area contributed by atoms with Crippen LogP contribution in [0.4, 0.5) is 0 Å². The van der Waals surface area contributed by atoms with Gasteiger partial charge in [0.15, 0.2) is 11.6 Å². The predicted octanol–water partition coefficient (Wildman–Crippen LogP) is 2.54. The minimum atomic E-state index is -1.12. The number of rotatable bonds is 1. The number of fused-ring (bicyclic) bond motifs is 3. The fourth-order valence-electron chi connectivity index (χ4n) is 5.19. The van der Waals surface area contributed by atoms with E-state index < -0.39 is 46.6 Å². The molecule has 7 nitrogen and oxygen atoms in total. The van der Waals surface area contributed by atoms with Crippen LogP contribution in [0.3, 0.4) is 0 Å². The number of aromatic hydroxyl groups is 1. The molecule has 0 bridgehead atoms. The van der Waals surface area contributed by atoms with Crippen LogP contribution in [0, 0.1) is 11.8 Å². The lowest BCUT2D eigenvalue weighted by Gasteiger charge is -2.40. The summed E-state index contributed by atoms with van der Waals surface area (Å²) in [6.45, 7) is 0. The lowest BCUT2D eigenvalue weighted by Crippen LogP contribution is -2.42. The van der Waals surface area contributed by atoms with Crippen molar-refractivity contribution in [1.29, 1.82) is 0 Å². The molecule has 29 heavy (non-hydrogen) atoms. The number of allylic oxidation sites excluding steroid dienone is 3. The minimum Gasteiger partial charge on any atom is -0.511 e. The summed E-state index contributed by atoms with van der Waals surface area (Å²) in [6, 6.07) is 8.67. The highest BCUT2D eigenvalue weighted by Crippen LogP contribution is 2.53. The van der Waals surface area contributed by atoms with E-state index >= 15 is 0 Å². The van der Waals surface area contributed by atoms with Gasteiger partial charge in [-0.15, -0.1) is 0 Å². The fourth-order valence-corrected chi connectivity index (χ4v) is 5.19. The number of nitrogens with two attached hydrogens (primary N) is 1. The van der Waals surface area contributed by atoms with Gasteiger partial charge in [-0.3, -0.25) is 14.4 Å². The Morgan fingerprint density at radius 3 is 2.55 bits per heavy atom. The molecule has 1 amide bonds. The normalized spacial score (nSPS) is 25.9. The zero-order chi connectivity index (χ0) is 20.6. The van der Waals surface area contributed by atoms with E-state index in [9.17, 15) is 29.7 Å². The third-order valence-corrected chi connectivity index (χ3v) is 6.35. The number of carbonyl (C=O) groups is 3. The lowest BCUT2D eigenvalue weighted by molar-refractivity contribution is -0.125. The van der Waals surface area contributed by atoms with E-state index in [1.165, 1.54) is 6.07 Å². The molecule has 0 aromatic heterocycles. The molecule has 3 aliphatic rings. The second-order valence-electron chi connectivity index (χ2n) is 7.81. The van der Waals surface area contributed by atoms with Gasteiger partial charge in [-0.25, -0.2) is 0 Å². The first-order valence-electron chi connectivity index (χ1n) is 9.29. The quantitative estimate of drug-likeness (QED) is 0.551. The van der Waals surface area contributed by atoms with E-state index in [2.05, 4.69) is 0 Å². The number of carbonyl (C=O) groups excluding carboxylic acids is 3. The Morgan fingerprint density at radius 2 is 1.83 bits per heavy atom. The maximum atomic E-state index is 13.3. The molecule has 0 fully saturated rings. The molecule has 5 N–H and O–H groups in total. The summed E-state index contributed by atoms with van der Waals surface area (Å²) >= 11 is 0.